The first kappa shape index (κ1) is 23.7. The van der Waals surface area contributed by atoms with E-state index in [4.69, 9.17) is 18.9 Å². The molecule has 34 heavy (non-hydrogen) atoms. The lowest BCUT2D eigenvalue weighted by atomic mass is 9.80. The summed E-state index contributed by atoms with van der Waals surface area (Å²) in [6.07, 6.45) is 0.142. The van der Waals surface area contributed by atoms with Crippen molar-refractivity contribution in [3.8, 4) is 17.2 Å². The molecule has 1 fully saturated rings. The van der Waals surface area contributed by atoms with Crippen LogP contribution in [-0.2, 0) is 4.74 Å². The van der Waals surface area contributed by atoms with Gasteiger partial charge in [0.1, 0.15) is 17.2 Å². The maximum absolute atomic E-state index is 14.0. The van der Waals surface area contributed by atoms with Crippen LogP contribution in [0.3, 0.4) is 0 Å². The molecule has 0 aromatic heterocycles. The molecule has 2 aliphatic heterocycles. The summed E-state index contributed by atoms with van der Waals surface area (Å²) in [6, 6.07) is 9.43. The third-order valence-corrected chi connectivity index (χ3v) is 5.84. The molecule has 2 atom stereocenters. The highest BCUT2D eigenvalue weighted by Crippen LogP contribution is 2.37. The molecule has 0 unspecified atom stereocenters. The predicted molar refractivity (Wildman–Crippen MR) is 120 cm³/mol. The molecule has 1 saturated heterocycles. The van der Waals surface area contributed by atoms with Crippen molar-refractivity contribution in [3.05, 3.63) is 53.3 Å². The number of hydrogen-bond acceptors (Lipinski definition) is 6. The second kappa shape index (κ2) is 9.40. The quantitative estimate of drug-likeness (QED) is 0.674. The molecule has 0 bridgehead atoms. The van der Waals surface area contributed by atoms with E-state index in [1.165, 1.54) is 12.1 Å². The number of carbonyl (C=O) groups excluding carboxylic acids is 1. The zero-order chi connectivity index (χ0) is 24.5. The van der Waals surface area contributed by atoms with E-state index in [9.17, 15) is 19.1 Å². The summed E-state index contributed by atoms with van der Waals surface area (Å²) in [5.41, 5.74) is -0.302. The standard InChI is InChI=1S/C25H28FNO7/c1-25(2,3)34-24(30)27-9-8-18(15-4-6-20(26)19(10-15)23(28)29)16(12-27)13-31-17-5-7-21-22(11-17)33-14-32-21/h4-7,10-11,16,18H,8-9,12-14H2,1-3H3,(H,28,29)/t16-,18-/m0/s1. The molecule has 0 saturated carbocycles. The van der Waals surface area contributed by atoms with Gasteiger partial charge < -0.3 is 29.0 Å². The van der Waals surface area contributed by atoms with Gasteiger partial charge in [-0.3, -0.25) is 0 Å². The van der Waals surface area contributed by atoms with E-state index in [-0.39, 0.29) is 30.8 Å². The van der Waals surface area contributed by atoms with Gasteiger partial charge in [-0.05, 0) is 62.9 Å². The molecule has 2 aliphatic rings. The van der Waals surface area contributed by atoms with Crippen molar-refractivity contribution in [1.29, 1.82) is 0 Å². The summed E-state index contributed by atoms with van der Waals surface area (Å²) >= 11 is 0. The molecule has 2 aromatic carbocycles. The molecule has 0 radical (unpaired) electrons. The van der Waals surface area contributed by atoms with Gasteiger partial charge in [-0.2, -0.15) is 0 Å². The highest BCUT2D eigenvalue weighted by atomic mass is 19.1. The molecule has 8 nitrogen and oxygen atoms in total. The molecular weight excluding hydrogens is 445 g/mol. The number of rotatable bonds is 5. The molecule has 182 valence electrons. The summed E-state index contributed by atoms with van der Waals surface area (Å²) in [5, 5.41) is 9.35. The Morgan fingerprint density at radius 1 is 1.15 bits per heavy atom. The number of nitrogens with zero attached hydrogens (tertiary/aromatic N) is 1. The lowest BCUT2D eigenvalue weighted by molar-refractivity contribution is 0.0111. The molecule has 2 aromatic rings. The second-order valence-corrected chi connectivity index (χ2v) is 9.45. The Balaban J connectivity index is 1.55. The number of aromatic carboxylic acids is 1. The summed E-state index contributed by atoms with van der Waals surface area (Å²) in [6.45, 7) is 6.62. The fourth-order valence-corrected chi connectivity index (χ4v) is 4.24. The van der Waals surface area contributed by atoms with Crippen LogP contribution in [0, 0.1) is 11.7 Å². The Bertz CT molecular complexity index is 1080. The largest absolute Gasteiger partial charge is 0.493 e. The third-order valence-electron chi connectivity index (χ3n) is 5.84. The minimum atomic E-state index is -1.32. The maximum atomic E-state index is 14.0. The van der Waals surface area contributed by atoms with Crippen LogP contribution in [0.2, 0.25) is 0 Å². The van der Waals surface area contributed by atoms with Crippen LogP contribution in [-0.4, -0.2) is 54.2 Å². The maximum Gasteiger partial charge on any atom is 0.410 e. The topological polar surface area (TPSA) is 94.5 Å². The number of carboxylic acid groups (broad SMARTS) is 1. The summed E-state index contributed by atoms with van der Waals surface area (Å²) in [4.78, 5) is 25.8. The number of fused-ring (bicyclic) bond motifs is 1. The normalized spacial score (nSPS) is 19.6. The molecule has 0 spiro atoms. The zero-order valence-corrected chi connectivity index (χ0v) is 19.4. The highest BCUT2D eigenvalue weighted by molar-refractivity contribution is 5.88. The number of piperidine rings is 1. The highest BCUT2D eigenvalue weighted by Gasteiger charge is 2.35. The van der Waals surface area contributed by atoms with Gasteiger partial charge >= 0.3 is 12.1 Å². The van der Waals surface area contributed by atoms with E-state index in [2.05, 4.69) is 0 Å². The van der Waals surface area contributed by atoms with Crippen molar-refractivity contribution in [1.82, 2.24) is 4.90 Å². The fraction of sp³-hybridized carbons (Fsp3) is 0.440. The SMILES string of the molecule is CC(C)(C)OC(=O)N1CC[C@@H](c2ccc(F)c(C(=O)O)c2)[C@H](COc2ccc3c(c2)OCO3)C1. The molecule has 2 heterocycles. The van der Waals surface area contributed by atoms with Crippen molar-refractivity contribution in [2.45, 2.75) is 38.7 Å². The van der Waals surface area contributed by atoms with Crippen molar-refractivity contribution in [3.63, 3.8) is 0 Å². The lowest BCUT2D eigenvalue weighted by Crippen LogP contribution is -2.46. The average molecular weight is 473 g/mol. The van der Waals surface area contributed by atoms with Gasteiger partial charge in [-0.25, -0.2) is 14.0 Å². The number of carbonyl (C=O) groups is 2. The second-order valence-electron chi connectivity index (χ2n) is 9.45. The number of halogens is 1. The summed E-state index contributed by atoms with van der Waals surface area (Å²) in [7, 11) is 0. The molecule has 1 amide bonds. The first-order valence-corrected chi connectivity index (χ1v) is 11.1. The van der Waals surface area contributed by atoms with E-state index in [1.54, 1.807) is 29.2 Å². The van der Waals surface area contributed by atoms with E-state index in [0.29, 0.717) is 42.3 Å². The minimum absolute atomic E-state index is 0.133. The monoisotopic (exact) mass is 473 g/mol. The minimum Gasteiger partial charge on any atom is -0.493 e. The Kier molecular flexibility index (Phi) is 6.54. The number of benzene rings is 2. The molecule has 4 rings (SSSR count). The van der Waals surface area contributed by atoms with Crippen molar-refractivity contribution < 1.29 is 38.0 Å². The van der Waals surface area contributed by atoms with Gasteiger partial charge in [-0.15, -0.1) is 0 Å². The van der Waals surface area contributed by atoms with E-state index in [1.807, 2.05) is 20.8 Å². The molecular formula is C25H28FNO7. The number of hydrogen-bond donors (Lipinski definition) is 1. The molecule has 0 aliphatic carbocycles. The van der Waals surface area contributed by atoms with Gasteiger partial charge in [0.15, 0.2) is 11.5 Å². The first-order valence-electron chi connectivity index (χ1n) is 11.1. The predicted octanol–water partition coefficient (Wildman–Crippen LogP) is 4.67. The van der Waals surface area contributed by atoms with Crippen LogP contribution in [0.25, 0.3) is 0 Å². The van der Waals surface area contributed by atoms with Crippen molar-refractivity contribution in [2.24, 2.45) is 5.92 Å². The Labute approximate surface area is 197 Å². The van der Waals surface area contributed by atoms with Crippen molar-refractivity contribution >= 4 is 12.1 Å². The smallest absolute Gasteiger partial charge is 0.410 e. The number of ether oxygens (including phenoxy) is 4. The number of carboxylic acids is 1. The summed E-state index contributed by atoms with van der Waals surface area (Å²) < 4.78 is 36.3. The van der Waals surface area contributed by atoms with E-state index < -0.39 is 23.5 Å². The summed E-state index contributed by atoms with van der Waals surface area (Å²) in [5.74, 6) is -0.591. The number of amides is 1. The van der Waals surface area contributed by atoms with Crippen LogP contribution in [0.1, 0.15) is 49.0 Å². The van der Waals surface area contributed by atoms with Gasteiger partial charge in [0.2, 0.25) is 6.79 Å². The third kappa shape index (κ3) is 5.35. The Hall–Kier alpha value is -3.49. The van der Waals surface area contributed by atoms with Crippen LogP contribution >= 0.6 is 0 Å². The van der Waals surface area contributed by atoms with E-state index in [0.717, 1.165) is 0 Å². The van der Waals surface area contributed by atoms with E-state index >= 15 is 0 Å². The molecule has 1 N–H and O–H groups in total. The van der Waals surface area contributed by atoms with Crippen LogP contribution in [0.5, 0.6) is 17.2 Å². The van der Waals surface area contributed by atoms with Crippen LogP contribution < -0.4 is 14.2 Å². The van der Waals surface area contributed by atoms with Gasteiger partial charge in [0.25, 0.3) is 0 Å². The fourth-order valence-electron chi connectivity index (χ4n) is 4.24. The zero-order valence-electron chi connectivity index (χ0n) is 19.4. The Morgan fingerprint density at radius 3 is 2.65 bits per heavy atom. The average Bonchev–Trinajstić information content (AvgIpc) is 3.24. The van der Waals surface area contributed by atoms with Crippen LogP contribution in [0.15, 0.2) is 36.4 Å². The first-order chi connectivity index (χ1) is 16.1. The van der Waals surface area contributed by atoms with Gasteiger partial charge in [-0.1, -0.05) is 6.07 Å². The number of likely N-dealkylation sites (tertiary alicyclic amines) is 1. The Morgan fingerprint density at radius 2 is 1.91 bits per heavy atom. The van der Waals surface area contributed by atoms with Gasteiger partial charge in [0, 0.05) is 25.1 Å². The van der Waals surface area contributed by atoms with Crippen LogP contribution in [0.4, 0.5) is 9.18 Å². The van der Waals surface area contributed by atoms with Crippen molar-refractivity contribution in [2.75, 3.05) is 26.5 Å². The van der Waals surface area contributed by atoms with Gasteiger partial charge in [0.05, 0.1) is 12.2 Å². The molecule has 9 heteroatoms. The lowest BCUT2D eigenvalue weighted by Gasteiger charge is -2.39.